The molecule has 4 atom stereocenters. The zero-order chi connectivity index (χ0) is 21.6. The van der Waals surface area contributed by atoms with Gasteiger partial charge < -0.3 is 20.7 Å². The standard InChI is InChI=1S/C18H20FN5O5S/c1-9-17-12(2-3-21-9)23-18(26)24(30(17,27)28)7-15(25)22-13-8-29-14-5-10(6-20)4-11(19)16(13)14/h4-5,9,12-13,17,21H,2-3,7-8H2,1H3,(H,22,25)(H,23,26)/t9?,12?,13-,17?/m0/s1. The zero-order valence-electron chi connectivity index (χ0n) is 16.0. The number of hydrogen-bond acceptors (Lipinski definition) is 7. The molecule has 0 aliphatic carbocycles. The smallest absolute Gasteiger partial charge is 0.331 e. The van der Waals surface area contributed by atoms with Crippen molar-refractivity contribution in [2.75, 3.05) is 19.7 Å². The molecule has 10 nitrogen and oxygen atoms in total. The largest absolute Gasteiger partial charge is 0.491 e. The number of ether oxygens (including phenoxy) is 1. The van der Waals surface area contributed by atoms with Crippen molar-refractivity contribution in [2.24, 2.45) is 0 Å². The fraction of sp³-hybridized carbons (Fsp3) is 0.500. The van der Waals surface area contributed by atoms with Gasteiger partial charge in [0.2, 0.25) is 15.9 Å². The van der Waals surface area contributed by atoms with E-state index in [-0.39, 0.29) is 23.5 Å². The highest BCUT2D eigenvalue weighted by atomic mass is 32.2. The number of hydrogen-bond donors (Lipinski definition) is 3. The lowest BCUT2D eigenvalue weighted by atomic mass is 10.00. The first-order valence-electron chi connectivity index (χ1n) is 9.43. The van der Waals surface area contributed by atoms with Crippen LogP contribution in [0.15, 0.2) is 12.1 Å². The van der Waals surface area contributed by atoms with Crippen molar-refractivity contribution >= 4 is 22.0 Å². The van der Waals surface area contributed by atoms with Crippen LogP contribution < -0.4 is 20.7 Å². The summed E-state index contributed by atoms with van der Waals surface area (Å²) in [5, 5.41) is 16.3. The van der Waals surface area contributed by atoms with Crippen molar-refractivity contribution in [3.05, 3.63) is 29.1 Å². The van der Waals surface area contributed by atoms with Crippen LogP contribution in [0.2, 0.25) is 0 Å². The Kier molecular flexibility index (Phi) is 5.03. The van der Waals surface area contributed by atoms with E-state index >= 15 is 0 Å². The lowest BCUT2D eigenvalue weighted by Crippen LogP contribution is -2.70. The van der Waals surface area contributed by atoms with Crippen LogP contribution >= 0.6 is 0 Å². The molecule has 2 saturated heterocycles. The molecule has 12 heteroatoms. The summed E-state index contributed by atoms with van der Waals surface area (Å²) in [6, 6.07) is 1.59. The Morgan fingerprint density at radius 1 is 1.47 bits per heavy atom. The molecule has 0 spiro atoms. The summed E-state index contributed by atoms with van der Waals surface area (Å²) in [5.74, 6) is -1.33. The number of nitriles is 1. The number of halogens is 1. The van der Waals surface area contributed by atoms with Gasteiger partial charge in [0.1, 0.15) is 30.0 Å². The number of benzene rings is 1. The molecule has 3 aliphatic heterocycles. The van der Waals surface area contributed by atoms with Crippen LogP contribution in [0.5, 0.6) is 5.75 Å². The van der Waals surface area contributed by atoms with Crippen molar-refractivity contribution in [3.63, 3.8) is 0 Å². The van der Waals surface area contributed by atoms with E-state index in [1.54, 1.807) is 6.92 Å². The van der Waals surface area contributed by atoms with Crippen LogP contribution in [0.1, 0.15) is 30.5 Å². The number of carbonyl (C=O) groups is 2. The van der Waals surface area contributed by atoms with Gasteiger partial charge in [-0.2, -0.15) is 5.26 Å². The summed E-state index contributed by atoms with van der Waals surface area (Å²) in [6.45, 7) is 1.50. The van der Waals surface area contributed by atoms with Gasteiger partial charge in [-0.3, -0.25) is 4.79 Å². The van der Waals surface area contributed by atoms with E-state index < -0.39 is 57.7 Å². The lowest BCUT2D eigenvalue weighted by Gasteiger charge is -2.43. The Morgan fingerprint density at radius 3 is 2.97 bits per heavy atom. The summed E-state index contributed by atoms with van der Waals surface area (Å²) in [6.07, 6.45) is 0.472. The number of nitrogens with one attached hydrogen (secondary N) is 3. The summed E-state index contributed by atoms with van der Waals surface area (Å²) in [5.41, 5.74) is 0.164. The molecule has 2 fully saturated rings. The topological polar surface area (TPSA) is 141 Å². The summed E-state index contributed by atoms with van der Waals surface area (Å²) in [7, 11) is -4.07. The minimum Gasteiger partial charge on any atom is -0.491 e. The third kappa shape index (κ3) is 3.33. The van der Waals surface area contributed by atoms with E-state index in [0.717, 1.165) is 6.07 Å². The molecule has 1 aromatic rings. The third-order valence-electron chi connectivity index (χ3n) is 5.59. The van der Waals surface area contributed by atoms with Gasteiger partial charge in [-0.1, -0.05) is 0 Å². The predicted octanol–water partition coefficient (Wildman–Crippen LogP) is -0.279. The van der Waals surface area contributed by atoms with Gasteiger partial charge in [0, 0.05) is 6.04 Å². The number of nitrogens with zero attached hydrogens (tertiary/aromatic N) is 2. The number of fused-ring (bicyclic) bond motifs is 2. The van der Waals surface area contributed by atoms with Crippen LogP contribution in [-0.4, -0.2) is 61.7 Å². The second kappa shape index (κ2) is 7.41. The summed E-state index contributed by atoms with van der Waals surface area (Å²) in [4.78, 5) is 24.9. The fourth-order valence-corrected chi connectivity index (χ4v) is 6.33. The zero-order valence-corrected chi connectivity index (χ0v) is 16.8. The van der Waals surface area contributed by atoms with Crippen molar-refractivity contribution < 1.29 is 27.1 Å². The molecular formula is C18H20FN5O5S. The highest BCUT2D eigenvalue weighted by Crippen LogP contribution is 2.35. The molecule has 3 amide bonds. The fourth-order valence-electron chi connectivity index (χ4n) is 4.23. The molecule has 4 rings (SSSR count). The Morgan fingerprint density at radius 2 is 2.23 bits per heavy atom. The average molecular weight is 437 g/mol. The van der Waals surface area contributed by atoms with Crippen LogP contribution in [0.3, 0.4) is 0 Å². The number of carbonyl (C=O) groups excluding carboxylic acids is 2. The number of sulfonamides is 1. The average Bonchev–Trinajstić information content (AvgIpc) is 3.07. The Labute approximate surface area is 172 Å². The van der Waals surface area contributed by atoms with Crippen LogP contribution in [0.25, 0.3) is 0 Å². The maximum atomic E-state index is 14.4. The molecule has 3 aliphatic rings. The normalized spacial score (nSPS) is 29.1. The second-order valence-electron chi connectivity index (χ2n) is 7.52. The number of amides is 3. The molecule has 0 bridgehead atoms. The van der Waals surface area contributed by atoms with Crippen LogP contribution in [0.4, 0.5) is 9.18 Å². The van der Waals surface area contributed by atoms with Crippen molar-refractivity contribution in [3.8, 4) is 11.8 Å². The van der Waals surface area contributed by atoms with Gasteiger partial charge >= 0.3 is 6.03 Å². The monoisotopic (exact) mass is 437 g/mol. The maximum Gasteiger partial charge on any atom is 0.331 e. The van der Waals surface area contributed by atoms with E-state index in [4.69, 9.17) is 10.00 Å². The number of rotatable bonds is 3. The predicted molar refractivity (Wildman–Crippen MR) is 101 cm³/mol. The first kappa shape index (κ1) is 20.4. The maximum absolute atomic E-state index is 14.4. The highest BCUT2D eigenvalue weighted by molar-refractivity contribution is 7.90. The van der Waals surface area contributed by atoms with Crippen molar-refractivity contribution in [1.29, 1.82) is 5.26 Å². The van der Waals surface area contributed by atoms with E-state index in [2.05, 4.69) is 16.0 Å². The molecule has 0 saturated carbocycles. The second-order valence-corrected chi connectivity index (χ2v) is 9.53. The molecule has 30 heavy (non-hydrogen) atoms. The molecule has 3 unspecified atom stereocenters. The van der Waals surface area contributed by atoms with Gasteiger partial charge in [0.05, 0.1) is 29.3 Å². The first-order chi connectivity index (χ1) is 14.2. The summed E-state index contributed by atoms with van der Waals surface area (Å²) >= 11 is 0. The van der Waals surface area contributed by atoms with E-state index in [0.29, 0.717) is 17.3 Å². The molecule has 3 heterocycles. The van der Waals surface area contributed by atoms with Gasteiger partial charge in [-0.25, -0.2) is 21.9 Å². The van der Waals surface area contributed by atoms with Gasteiger partial charge in [0.25, 0.3) is 0 Å². The number of piperidine rings is 1. The van der Waals surface area contributed by atoms with E-state index in [1.807, 2.05) is 6.07 Å². The molecule has 160 valence electrons. The Balaban J connectivity index is 1.50. The van der Waals surface area contributed by atoms with E-state index in [9.17, 15) is 22.4 Å². The molecule has 1 aromatic carbocycles. The molecular weight excluding hydrogens is 417 g/mol. The van der Waals surface area contributed by atoms with Crippen LogP contribution in [0, 0.1) is 17.1 Å². The van der Waals surface area contributed by atoms with Gasteiger partial charge in [0.15, 0.2) is 0 Å². The van der Waals surface area contributed by atoms with Gasteiger partial charge in [-0.15, -0.1) is 0 Å². The minimum absolute atomic E-state index is 0.0719. The summed E-state index contributed by atoms with van der Waals surface area (Å²) < 4.78 is 46.2. The van der Waals surface area contributed by atoms with E-state index in [1.165, 1.54) is 6.07 Å². The highest BCUT2D eigenvalue weighted by Gasteiger charge is 2.50. The van der Waals surface area contributed by atoms with Crippen molar-refractivity contribution in [1.82, 2.24) is 20.3 Å². The first-order valence-corrected chi connectivity index (χ1v) is 10.9. The third-order valence-corrected chi connectivity index (χ3v) is 7.93. The van der Waals surface area contributed by atoms with Gasteiger partial charge in [-0.05, 0) is 32.0 Å². The van der Waals surface area contributed by atoms with Crippen molar-refractivity contribution in [2.45, 2.75) is 36.7 Å². The van der Waals surface area contributed by atoms with Crippen LogP contribution in [-0.2, 0) is 14.8 Å². The Hall–Kier alpha value is -2.91. The lowest BCUT2D eigenvalue weighted by molar-refractivity contribution is -0.121. The molecule has 0 radical (unpaired) electrons. The Bertz CT molecular complexity index is 1060. The quantitative estimate of drug-likeness (QED) is 0.591. The SMILES string of the molecule is CC1NCCC2NC(=O)N(CC(=O)N[C@H]3COc4cc(C#N)cc(F)c43)S(=O)(=O)C12. The number of urea groups is 1. The minimum atomic E-state index is -4.07. The molecule has 0 aromatic heterocycles. The molecule has 3 N–H and O–H groups in total.